The van der Waals surface area contributed by atoms with Crippen LogP contribution in [0, 0.1) is 0 Å². The third-order valence-corrected chi connectivity index (χ3v) is 7.49. The van der Waals surface area contributed by atoms with E-state index in [4.69, 9.17) is 44.9 Å². The third-order valence-electron chi connectivity index (χ3n) is 4.88. The van der Waals surface area contributed by atoms with Crippen molar-refractivity contribution in [1.29, 1.82) is 0 Å². The largest absolute Gasteiger partial charge is 0.332 e. The SMILES string of the molecule is NS(=O)(=O)c1cc(Cl)ccc1CCSc1nc(-c2ccc(Cl)cc2)c(-c2ccc(Cl)cc2)[nH]1. The van der Waals surface area contributed by atoms with Crippen molar-refractivity contribution in [2.45, 2.75) is 16.5 Å². The highest BCUT2D eigenvalue weighted by atomic mass is 35.5. The van der Waals surface area contributed by atoms with E-state index < -0.39 is 10.0 Å². The van der Waals surface area contributed by atoms with Crippen LogP contribution < -0.4 is 5.14 Å². The first kappa shape index (κ1) is 24.1. The Hall–Kier alpha value is -2.00. The zero-order valence-corrected chi connectivity index (χ0v) is 21.0. The number of aryl methyl sites for hydroxylation is 1. The lowest BCUT2D eigenvalue weighted by Crippen LogP contribution is -2.15. The number of benzene rings is 3. The molecule has 0 bridgehead atoms. The Labute approximate surface area is 211 Å². The molecule has 0 unspecified atom stereocenters. The highest BCUT2D eigenvalue weighted by Gasteiger charge is 2.17. The summed E-state index contributed by atoms with van der Waals surface area (Å²) in [7, 11) is -3.87. The molecule has 33 heavy (non-hydrogen) atoms. The molecule has 4 rings (SSSR count). The molecule has 4 aromatic rings. The minimum absolute atomic E-state index is 0.0405. The summed E-state index contributed by atoms with van der Waals surface area (Å²) in [6.45, 7) is 0. The van der Waals surface area contributed by atoms with Crippen molar-refractivity contribution in [3.05, 3.63) is 87.4 Å². The van der Waals surface area contributed by atoms with Gasteiger partial charge in [-0.2, -0.15) is 0 Å². The summed E-state index contributed by atoms with van der Waals surface area (Å²) < 4.78 is 23.8. The zero-order chi connectivity index (χ0) is 23.6. The summed E-state index contributed by atoms with van der Waals surface area (Å²) in [6, 6.07) is 19.7. The summed E-state index contributed by atoms with van der Waals surface area (Å²) >= 11 is 19.5. The number of sulfonamides is 1. The molecule has 0 radical (unpaired) electrons. The lowest BCUT2D eigenvalue weighted by Gasteiger charge is -2.07. The monoisotopic (exact) mass is 537 g/mol. The van der Waals surface area contributed by atoms with Crippen LogP contribution in [-0.4, -0.2) is 24.1 Å². The number of nitrogens with zero attached hydrogens (tertiary/aromatic N) is 1. The maximum Gasteiger partial charge on any atom is 0.238 e. The van der Waals surface area contributed by atoms with Gasteiger partial charge in [-0.05, 0) is 48.4 Å². The predicted octanol–water partition coefficient (Wildman–Crippen LogP) is 6.69. The Balaban J connectivity index is 1.61. The lowest BCUT2D eigenvalue weighted by molar-refractivity contribution is 0.596. The van der Waals surface area contributed by atoms with Gasteiger partial charge in [0.25, 0.3) is 0 Å². The Kier molecular flexibility index (Phi) is 7.38. The van der Waals surface area contributed by atoms with E-state index in [9.17, 15) is 8.42 Å². The molecule has 0 atom stereocenters. The number of nitrogens with one attached hydrogen (secondary N) is 1. The molecule has 170 valence electrons. The maximum atomic E-state index is 11.9. The van der Waals surface area contributed by atoms with Gasteiger partial charge in [-0.3, -0.25) is 0 Å². The third kappa shape index (κ3) is 5.93. The van der Waals surface area contributed by atoms with E-state index in [1.807, 2.05) is 48.5 Å². The number of thioether (sulfide) groups is 1. The van der Waals surface area contributed by atoms with E-state index in [1.54, 1.807) is 12.1 Å². The summed E-state index contributed by atoms with van der Waals surface area (Å²) in [5.41, 5.74) is 4.11. The predicted molar refractivity (Wildman–Crippen MR) is 137 cm³/mol. The molecule has 0 aliphatic carbocycles. The van der Waals surface area contributed by atoms with E-state index in [0.29, 0.717) is 38.0 Å². The van der Waals surface area contributed by atoms with Crippen LogP contribution >= 0.6 is 46.6 Å². The standard InChI is InChI=1S/C23H18Cl3N3O2S2/c24-17-6-2-15(3-7-17)21-22(16-4-8-18(25)9-5-16)29-23(28-21)32-12-11-14-1-10-19(26)13-20(14)33(27,30)31/h1-10,13H,11-12H2,(H,28,29)(H2,27,30,31). The number of primary sulfonamides is 1. The second-order valence-corrected chi connectivity index (χ2v) is 11.1. The molecule has 0 saturated heterocycles. The van der Waals surface area contributed by atoms with E-state index in [0.717, 1.165) is 22.5 Å². The van der Waals surface area contributed by atoms with E-state index >= 15 is 0 Å². The van der Waals surface area contributed by atoms with Gasteiger partial charge < -0.3 is 4.98 Å². The lowest BCUT2D eigenvalue weighted by atomic mass is 10.1. The number of H-pyrrole nitrogens is 1. The molecule has 0 fully saturated rings. The number of rotatable bonds is 7. The number of aromatic amines is 1. The van der Waals surface area contributed by atoms with Gasteiger partial charge in [-0.15, -0.1) is 0 Å². The van der Waals surface area contributed by atoms with Crippen molar-refractivity contribution < 1.29 is 8.42 Å². The minimum atomic E-state index is -3.87. The Morgan fingerprint density at radius 1 is 0.848 bits per heavy atom. The molecule has 0 aliphatic rings. The van der Waals surface area contributed by atoms with E-state index in [2.05, 4.69) is 4.98 Å². The number of imidazole rings is 1. The molecule has 0 amide bonds. The van der Waals surface area contributed by atoms with Gasteiger partial charge >= 0.3 is 0 Å². The van der Waals surface area contributed by atoms with Crippen LogP contribution in [-0.2, 0) is 16.4 Å². The summed E-state index contributed by atoms with van der Waals surface area (Å²) in [4.78, 5) is 8.22. The Morgan fingerprint density at radius 3 is 2.03 bits per heavy atom. The number of hydrogen-bond acceptors (Lipinski definition) is 4. The molecule has 0 saturated carbocycles. The van der Waals surface area contributed by atoms with Gasteiger partial charge in [0.1, 0.15) is 0 Å². The fourth-order valence-electron chi connectivity index (χ4n) is 3.32. The van der Waals surface area contributed by atoms with Crippen molar-refractivity contribution in [3.63, 3.8) is 0 Å². The zero-order valence-electron chi connectivity index (χ0n) is 17.1. The summed E-state index contributed by atoms with van der Waals surface area (Å²) in [5.74, 6) is 0.581. The minimum Gasteiger partial charge on any atom is -0.332 e. The first-order valence-corrected chi connectivity index (χ1v) is 13.4. The normalized spacial score (nSPS) is 11.6. The van der Waals surface area contributed by atoms with Crippen molar-refractivity contribution in [3.8, 4) is 22.5 Å². The quantitative estimate of drug-likeness (QED) is 0.257. The average molecular weight is 539 g/mol. The van der Waals surface area contributed by atoms with Crippen LogP contribution in [0.15, 0.2) is 76.8 Å². The molecule has 1 heterocycles. The molecule has 10 heteroatoms. The van der Waals surface area contributed by atoms with Gasteiger partial charge in [0.05, 0.1) is 16.3 Å². The van der Waals surface area contributed by atoms with Crippen LogP contribution in [0.4, 0.5) is 0 Å². The Morgan fingerprint density at radius 2 is 1.42 bits per heavy atom. The number of aromatic nitrogens is 2. The van der Waals surface area contributed by atoms with Gasteiger partial charge in [0, 0.05) is 31.9 Å². The highest BCUT2D eigenvalue weighted by Crippen LogP contribution is 2.34. The molecule has 3 N–H and O–H groups in total. The smallest absolute Gasteiger partial charge is 0.238 e. The van der Waals surface area contributed by atoms with Crippen LogP contribution in [0.1, 0.15) is 5.56 Å². The summed E-state index contributed by atoms with van der Waals surface area (Å²) in [6.07, 6.45) is 0.473. The van der Waals surface area contributed by atoms with Crippen LogP contribution in [0.3, 0.4) is 0 Å². The van der Waals surface area contributed by atoms with E-state index in [1.165, 1.54) is 17.8 Å². The van der Waals surface area contributed by atoms with Crippen LogP contribution in [0.2, 0.25) is 15.1 Å². The molecular formula is C23H18Cl3N3O2S2. The van der Waals surface area contributed by atoms with Gasteiger partial charge in [-0.1, -0.05) is 76.9 Å². The number of hydrogen-bond donors (Lipinski definition) is 2. The first-order chi connectivity index (χ1) is 15.7. The van der Waals surface area contributed by atoms with E-state index in [-0.39, 0.29) is 4.90 Å². The van der Waals surface area contributed by atoms with Crippen molar-refractivity contribution in [2.24, 2.45) is 5.14 Å². The first-order valence-electron chi connectivity index (χ1n) is 9.76. The Bertz CT molecular complexity index is 1320. The second kappa shape index (κ2) is 10.1. The highest BCUT2D eigenvalue weighted by molar-refractivity contribution is 7.99. The maximum absolute atomic E-state index is 11.9. The molecule has 1 aromatic heterocycles. The fraction of sp³-hybridized carbons (Fsp3) is 0.0870. The van der Waals surface area contributed by atoms with Gasteiger partial charge in [0.15, 0.2) is 5.16 Å². The second-order valence-electron chi connectivity index (χ2n) is 7.17. The average Bonchev–Trinajstić information content (AvgIpc) is 3.19. The van der Waals surface area contributed by atoms with Crippen molar-refractivity contribution in [1.82, 2.24) is 9.97 Å². The van der Waals surface area contributed by atoms with Gasteiger partial charge in [0.2, 0.25) is 10.0 Å². The molecule has 5 nitrogen and oxygen atoms in total. The molecule has 0 spiro atoms. The molecular weight excluding hydrogens is 521 g/mol. The topological polar surface area (TPSA) is 88.8 Å². The fourth-order valence-corrected chi connectivity index (χ4v) is 5.48. The van der Waals surface area contributed by atoms with Gasteiger partial charge in [-0.25, -0.2) is 18.5 Å². The molecule has 0 aliphatic heterocycles. The van der Waals surface area contributed by atoms with Crippen LogP contribution in [0.25, 0.3) is 22.5 Å². The van der Waals surface area contributed by atoms with Crippen molar-refractivity contribution in [2.75, 3.05) is 5.75 Å². The number of halogens is 3. The number of nitrogens with two attached hydrogens (primary N) is 1. The summed E-state index contributed by atoms with van der Waals surface area (Å²) in [5, 5.41) is 7.67. The van der Waals surface area contributed by atoms with Crippen molar-refractivity contribution >= 4 is 56.6 Å². The van der Waals surface area contributed by atoms with Crippen LogP contribution in [0.5, 0.6) is 0 Å². The molecule has 3 aromatic carbocycles.